The summed E-state index contributed by atoms with van der Waals surface area (Å²) < 4.78 is 0. The number of aliphatic hydroxyl groups excluding tert-OH is 1. The largest absolute Gasteiger partial charge is 0.399 e. The number of allylic oxidation sites excluding steroid dienone is 2. The highest BCUT2D eigenvalue weighted by Crippen LogP contribution is 2.17. The third kappa shape index (κ3) is 3.24. The van der Waals surface area contributed by atoms with Gasteiger partial charge in [-0.25, -0.2) is 0 Å². The number of nitrogens with one attached hydrogen (secondary N) is 1. The third-order valence-corrected chi connectivity index (χ3v) is 2.70. The van der Waals surface area contributed by atoms with Gasteiger partial charge in [0.05, 0.1) is 24.5 Å². The fourth-order valence-corrected chi connectivity index (χ4v) is 1.71. The first kappa shape index (κ1) is 13.8. The molecule has 6 N–H and O–H groups in total. The number of nitrogens with two attached hydrogens (primary N) is 2. The zero-order valence-corrected chi connectivity index (χ0v) is 10.8. The Labute approximate surface area is 116 Å². The van der Waals surface area contributed by atoms with Crippen LogP contribution in [-0.2, 0) is 4.79 Å². The highest BCUT2D eigenvalue weighted by molar-refractivity contribution is 6.49. The lowest BCUT2D eigenvalue weighted by atomic mass is 10.1. The molecule has 0 aromatic heterocycles. The molecule has 0 spiro atoms. The van der Waals surface area contributed by atoms with E-state index in [9.17, 15) is 4.79 Å². The van der Waals surface area contributed by atoms with Crippen molar-refractivity contribution in [3.05, 3.63) is 47.8 Å². The van der Waals surface area contributed by atoms with Crippen LogP contribution in [0.1, 0.15) is 0 Å². The summed E-state index contributed by atoms with van der Waals surface area (Å²) in [6, 6.07) is 7.14. The van der Waals surface area contributed by atoms with Crippen LogP contribution in [0, 0.1) is 0 Å². The second-order valence-corrected chi connectivity index (χ2v) is 4.26. The van der Waals surface area contributed by atoms with Gasteiger partial charge in [-0.2, -0.15) is 0 Å². The van der Waals surface area contributed by atoms with Gasteiger partial charge in [0, 0.05) is 17.5 Å². The number of carbonyl (C=O) groups is 1. The number of anilines is 2. The molecule has 1 aromatic rings. The van der Waals surface area contributed by atoms with E-state index in [0.717, 1.165) is 5.69 Å². The Morgan fingerprint density at radius 2 is 1.85 bits per heavy atom. The first-order valence-corrected chi connectivity index (χ1v) is 6.11. The molecular formula is C14H16N4O2. The molecule has 0 aliphatic heterocycles. The second kappa shape index (κ2) is 6.03. The van der Waals surface area contributed by atoms with Crippen LogP contribution in [0.25, 0.3) is 0 Å². The molecule has 0 radical (unpaired) electrons. The number of aliphatic hydroxyl groups is 1. The summed E-state index contributed by atoms with van der Waals surface area (Å²) >= 11 is 0. The zero-order valence-electron chi connectivity index (χ0n) is 10.8. The fraction of sp³-hybridized carbons (Fsp3) is 0.143. The monoisotopic (exact) mass is 272 g/mol. The average Bonchev–Trinajstić information content (AvgIpc) is 2.43. The van der Waals surface area contributed by atoms with Crippen molar-refractivity contribution in [2.45, 2.75) is 0 Å². The molecule has 104 valence electrons. The predicted octanol–water partition coefficient (Wildman–Crippen LogP) is 0.423. The Hall–Kier alpha value is -2.60. The maximum atomic E-state index is 11.7. The van der Waals surface area contributed by atoms with E-state index >= 15 is 0 Å². The van der Waals surface area contributed by atoms with Crippen LogP contribution in [0.3, 0.4) is 0 Å². The van der Waals surface area contributed by atoms with Crippen molar-refractivity contribution in [2.24, 2.45) is 10.7 Å². The molecule has 0 amide bonds. The minimum atomic E-state index is -0.265. The highest BCUT2D eigenvalue weighted by atomic mass is 16.3. The van der Waals surface area contributed by atoms with Crippen molar-refractivity contribution >= 4 is 22.9 Å². The number of hydrogen-bond acceptors (Lipinski definition) is 6. The molecule has 20 heavy (non-hydrogen) atoms. The van der Waals surface area contributed by atoms with Gasteiger partial charge < -0.3 is 21.9 Å². The highest BCUT2D eigenvalue weighted by Gasteiger charge is 2.16. The summed E-state index contributed by atoms with van der Waals surface area (Å²) in [6.07, 6.45) is 2.89. The molecular weight excluding hydrogens is 256 g/mol. The summed E-state index contributed by atoms with van der Waals surface area (Å²) in [5.41, 5.74) is 14.1. The standard InChI is InChI=1S/C14H16N4O2/c15-9-1-3-10(4-2-9)18-12-8-13(17-5-6-19)14(20)7-11(12)16/h1-4,7-8,18-19H,5-6,15-16H2. The van der Waals surface area contributed by atoms with Crippen molar-refractivity contribution in [2.75, 3.05) is 24.2 Å². The first-order chi connectivity index (χ1) is 9.60. The molecule has 6 heteroatoms. The van der Waals surface area contributed by atoms with E-state index in [1.54, 1.807) is 18.2 Å². The maximum Gasteiger partial charge on any atom is 0.205 e. The van der Waals surface area contributed by atoms with E-state index < -0.39 is 0 Å². The Morgan fingerprint density at radius 3 is 2.50 bits per heavy atom. The minimum Gasteiger partial charge on any atom is -0.399 e. The molecule has 0 atom stereocenters. The Bertz CT molecular complexity index is 600. The molecule has 1 aromatic carbocycles. The smallest absolute Gasteiger partial charge is 0.205 e. The SMILES string of the molecule is NC1=CC(=O)C(=NCCO)C=C1Nc1ccc(N)cc1. The van der Waals surface area contributed by atoms with Crippen LogP contribution in [0.4, 0.5) is 11.4 Å². The summed E-state index contributed by atoms with van der Waals surface area (Å²) in [5, 5.41) is 11.9. The van der Waals surface area contributed by atoms with Crippen LogP contribution < -0.4 is 16.8 Å². The van der Waals surface area contributed by atoms with Crippen LogP contribution >= 0.6 is 0 Å². The van der Waals surface area contributed by atoms with Gasteiger partial charge in [-0.1, -0.05) is 0 Å². The number of benzene rings is 1. The van der Waals surface area contributed by atoms with Crippen LogP contribution in [-0.4, -0.2) is 29.8 Å². The molecule has 1 aliphatic rings. The third-order valence-electron chi connectivity index (χ3n) is 2.70. The summed E-state index contributed by atoms with van der Waals surface area (Å²) in [6.45, 7) is 0.0744. The maximum absolute atomic E-state index is 11.7. The molecule has 0 unspecified atom stereocenters. The predicted molar refractivity (Wildman–Crippen MR) is 79.2 cm³/mol. The summed E-state index contributed by atoms with van der Waals surface area (Å²) in [5.74, 6) is -0.265. The molecule has 6 nitrogen and oxygen atoms in total. The van der Waals surface area contributed by atoms with E-state index in [1.807, 2.05) is 12.1 Å². The lowest BCUT2D eigenvalue weighted by Gasteiger charge is -2.15. The van der Waals surface area contributed by atoms with Gasteiger partial charge in [-0.3, -0.25) is 9.79 Å². The average molecular weight is 272 g/mol. The Balaban J connectivity index is 2.22. The Morgan fingerprint density at radius 1 is 1.15 bits per heavy atom. The van der Waals surface area contributed by atoms with Crippen molar-refractivity contribution < 1.29 is 9.90 Å². The van der Waals surface area contributed by atoms with Crippen LogP contribution in [0.5, 0.6) is 0 Å². The molecule has 0 bridgehead atoms. The van der Waals surface area contributed by atoms with Crippen LogP contribution in [0.2, 0.25) is 0 Å². The Kier molecular flexibility index (Phi) is 4.17. The van der Waals surface area contributed by atoms with Gasteiger partial charge in [-0.05, 0) is 30.3 Å². The lowest BCUT2D eigenvalue weighted by molar-refractivity contribution is -0.108. The molecule has 0 heterocycles. The van der Waals surface area contributed by atoms with Crippen LogP contribution in [0.15, 0.2) is 52.8 Å². The van der Waals surface area contributed by atoms with Gasteiger partial charge in [0.1, 0.15) is 5.71 Å². The number of hydrogen-bond donors (Lipinski definition) is 4. The second-order valence-electron chi connectivity index (χ2n) is 4.26. The minimum absolute atomic E-state index is 0.107. The van der Waals surface area contributed by atoms with E-state index in [1.165, 1.54) is 6.08 Å². The summed E-state index contributed by atoms with van der Waals surface area (Å²) in [7, 11) is 0. The number of aliphatic imine (C=N–C) groups is 1. The van der Waals surface area contributed by atoms with Gasteiger partial charge in [0.25, 0.3) is 0 Å². The quantitative estimate of drug-likeness (QED) is 0.468. The van der Waals surface area contributed by atoms with Crippen molar-refractivity contribution in [1.82, 2.24) is 0 Å². The number of nitrogens with zero attached hydrogens (tertiary/aromatic N) is 1. The zero-order chi connectivity index (χ0) is 14.5. The molecule has 0 saturated carbocycles. The molecule has 0 saturated heterocycles. The molecule has 0 fully saturated rings. The number of carbonyl (C=O) groups excluding carboxylic acids is 1. The van der Waals surface area contributed by atoms with Crippen molar-refractivity contribution in [3.63, 3.8) is 0 Å². The first-order valence-electron chi connectivity index (χ1n) is 6.11. The van der Waals surface area contributed by atoms with Crippen molar-refractivity contribution in [1.29, 1.82) is 0 Å². The number of nitrogen functional groups attached to an aromatic ring is 1. The van der Waals surface area contributed by atoms with Crippen molar-refractivity contribution in [3.8, 4) is 0 Å². The van der Waals surface area contributed by atoms with E-state index in [-0.39, 0.29) is 24.6 Å². The normalized spacial score (nSPS) is 16.9. The molecule has 2 rings (SSSR count). The van der Waals surface area contributed by atoms with E-state index in [4.69, 9.17) is 16.6 Å². The number of ketones is 1. The number of rotatable bonds is 4. The fourth-order valence-electron chi connectivity index (χ4n) is 1.71. The summed E-state index contributed by atoms with van der Waals surface area (Å²) in [4.78, 5) is 15.7. The molecule has 1 aliphatic carbocycles. The topological polar surface area (TPSA) is 114 Å². The van der Waals surface area contributed by atoms with E-state index in [2.05, 4.69) is 10.3 Å². The van der Waals surface area contributed by atoms with Gasteiger partial charge >= 0.3 is 0 Å². The van der Waals surface area contributed by atoms with Gasteiger partial charge in [-0.15, -0.1) is 0 Å². The van der Waals surface area contributed by atoms with Gasteiger partial charge in [0.2, 0.25) is 5.78 Å². The van der Waals surface area contributed by atoms with E-state index in [0.29, 0.717) is 17.1 Å². The van der Waals surface area contributed by atoms with Gasteiger partial charge in [0.15, 0.2) is 0 Å². The lowest BCUT2D eigenvalue weighted by Crippen LogP contribution is -2.22.